The Morgan fingerprint density at radius 2 is 2.11 bits per heavy atom. The van der Waals surface area contributed by atoms with Gasteiger partial charge in [0.25, 0.3) is 0 Å². The molecule has 2 aromatic rings. The van der Waals surface area contributed by atoms with Gasteiger partial charge in [0.15, 0.2) is 10.3 Å². The maximum absolute atomic E-state index is 8.81. The van der Waals surface area contributed by atoms with Crippen LogP contribution in [0.1, 0.15) is 22.9 Å². The second-order valence-corrected chi connectivity index (χ2v) is 5.08. The summed E-state index contributed by atoms with van der Waals surface area (Å²) in [6.07, 6.45) is 1.000. The van der Waals surface area contributed by atoms with E-state index in [1.165, 1.54) is 22.5 Å². The lowest BCUT2D eigenvalue weighted by Crippen LogP contribution is -2.01. The summed E-state index contributed by atoms with van der Waals surface area (Å²) >= 11 is 7.10. The highest BCUT2D eigenvalue weighted by Crippen LogP contribution is 2.26. The Labute approximate surface area is 115 Å². The van der Waals surface area contributed by atoms with Crippen LogP contribution in [0.15, 0.2) is 24.3 Å². The number of rotatable bonds is 4. The molecule has 0 radical (unpaired) electrons. The van der Waals surface area contributed by atoms with Crippen LogP contribution < -0.4 is 5.32 Å². The van der Waals surface area contributed by atoms with Gasteiger partial charge in [-0.25, -0.2) is 4.98 Å². The molecule has 92 valence electrons. The summed E-state index contributed by atoms with van der Waals surface area (Å²) in [6, 6.07) is 10.3. The Balaban J connectivity index is 2.09. The number of nitrogens with zero attached hydrogens (tertiary/aromatic N) is 2. The van der Waals surface area contributed by atoms with Crippen molar-refractivity contribution < 1.29 is 0 Å². The first-order valence-electron chi connectivity index (χ1n) is 5.61. The zero-order valence-electron chi connectivity index (χ0n) is 9.90. The molecule has 1 aromatic carbocycles. The van der Waals surface area contributed by atoms with Gasteiger partial charge in [-0.05, 0) is 17.5 Å². The molecule has 0 bridgehead atoms. The highest BCUT2D eigenvalue weighted by Gasteiger charge is 2.08. The molecule has 0 saturated carbocycles. The van der Waals surface area contributed by atoms with E-state index in [0.717, 1.165) is 6.42 Å². The lowest BCUT2D eigenvalue weighted by molar-refractivity contribution is 1.04. The minimum absolute atomic E-state index is 0.272. The lowest BCUT2D eigenvalue weighted by atomic mass is 10.1. The first-order valence-corrected chi connectivity index (χ1v) is 6.81. The summed E-state index contributed by atoms with van der Waals surface area (Å²) in [5, 5.41) is 13.0. The number of aromatic nitrogens is 1. The molecule has 0 fully saturated rings. The van der Waals surface area contributed by atoms with Crippen LogP contribution in [-0.2, 0) is 13.0 Å². The monoisotopic (exact) mass is 277 g/mol. The van der Waals surface area contributed by atoms with E-state index in [1.54, 1.807) is 0 Å². The van der Waals surface area contributed by atoms with Crippen molar-refractivity contribution in [1.29, 1.82) is 5.26 Å². The van der Waals surface area contributed by atoms with E-state index in [9.17, 15) is 0 Å². The smallest absolute Gasteiger partial charge is 0.185 e. The van der Waals surface area contributed by atoms with Crippen LogP contribution in [-0.4, -0.2) is 4.98 Å². The molecule has 3 nitrogen and oxygen atoms in total. The van der Waals surface area contributed by atoms with Gasteiger partial charge < -0.3 is 5.32 Å². The third-order valence-electron chi connectivity index (χ3n) is 2.62. The third kappa shape index (κ3) is 2.81. The fourth-order valence-corrected chi connectivity index (χ4v) is 2.63. The van der Waals surface area contributed by atoms with E-state index in [4.69, 9.17) is 16.9 Å². The first-order chi connectivity index (χ1) is 8.74. The van der Waals surface area contributed by atoms with E-state index in [0.29, 0.717) is 16.6 Å². The SMILES string of the molecule is CCc1ccccc1CNc1nc(Cl)c(C#N)s1. The fraction of sp³-hybridized carbons (Fsp3) is 0.231. The topological polar surface area (TPSA) is 48.7 Å². The molecule has 2 rings (SSSR count). The quantitative estimate of drug-likeness (QED) is 0.924. The Bertz CT molecular complexity index is 586. The predicted octanol–water partition coefficient (Wildman–Crippen LogP) is 3.84. The van der Waals surface area contributed by atoms with Gasteiger partial charge in [0, 0.05) is 6.54 Å². The van der Waals surface area contributed by atoms with Crippen molar-refractivity contribution in [2.24, 2.45) is 0 Å². The van der Waals surface area contributed by atoms with Crippen LogP contribution in [0.4, 0.5) is 5.13 Å². The van der Waals surface area contributed by atoms with Crippen LogP contribution in [0.3, 0.4) is 0 Å². The molecule has 1 aromatic heterocycles. The predicted molar refractivity (Wildman–Crippen MR) is 75.0 cm³/mol. The van der Waals surface area contributed by atoms with Crippen molar-refractivity contribution in [1.82, 2.24) is 4.98 Å². The van der Waals surface area contributed by atoms with Gasteiger partial charge >= 0.3 is 0 Å². The first kappa shape index (κ1) is 12.9. The van der Waals surface area contributed by atoms with Crippen molar-refractivity contribution in [2.75, 3.05) is 5.32 Å². The molecular formula is C13H12ClN3S. The maximum atomic E-state index is 8.81. The summed E-state index contributed by atoms with van der Waals surface area (Å²) in [4.78, 5) is 4.55. The largest absolute Gasteiger partial charge is 0.357 e. The molecule has 0 atom stereocenters. The molecule has 1 N–H and O–H groups in total. The zero-order valence-corrected chi connectivity index (χ0v) is 11.5. The molecule has 0 aliphatic rings. The van der Waals surface area contributed by atoms with Gasteiger partial charge in [0.1, 0.15) is 10.9 Å². The Kier molecular flexibility index (Phi) is 4.19. The highest BCUT2D eigenvalue weighted by molar-refractivity contribution is 7.16. The summed E-state index contributed by atoms with van der Waals surface area (Å²) in [6.45, 7) is 2.83. The van der Waals surface area contributed by atoms with Gasteiger partial charge in [-0.3, -0.25) is 0 Å². The van der Waals surface area contributed by atoms with E-state index < -0.39 is 0 Å². The summed E-state index contributed by atoms with van der Waals surface area (Å²) in [5.74, 6) is 0. The maximum Gasteiger partial charge on any atom is 0.185 e. The number of hydrogen-bond acceptors (Lipinski definition) is 4. The van der Waals surface area contributed by atoms with Gasteiger partial charge in [-0.2, -0.15) is 5.26 Å². The number of hydrogen-bond donors (Lipinski definition) is 1. The van der Waals surface area contributed by atoms with Crippen LogP contribution in [0.25, 0.3) is 0 Å². The normalized spacial score (nSPS) is 10.1. The standard InChI is InChI=1S/C13H12ClN3S/c1-2-9-5-3-4-6-10(9)8-16-13-17-12(14)11(7-15)18-13/h3-6H,2,8H2,1H3,(H,16,17). The Morgan fingerprint density at radius 3 is 2.72 bits per heavy atom. The van der Waals surface area contributed by atoms with Gasteiger partial charge in [0.2, 0.25) is 0 Å². The minimum Gasteiger partial charge on any atom is -0.357 e. The van der Waals surface area contributed by atoms with Gasteiger partial charge in [0.05, 0.1) is 0 Å². The minimum atomic E-state index is 0.272. The molecule has 1 heterocycles. The molecule has 0 saturated heterocycles. The third-order valence-corrected chi connectivity index (χ3v) is 3.92. The molecule has 18 heavy (non-hydrogen) atoms. The van der Waals surface area contributed by atoms with Crippen molar-refractivity contribution in [3.05, 3.63) is 45.4 Å². The summed E-state index contributed by atoms with van der Waals surface area (Å²) in [7, 11) is 0. The molecule has 5 heteroatoms. The summed E-state index contributed by atoms with van der Waals surface area (Å²) < 4.78 is 0. The number of nitriles is 1. The average molecular weight is 278 g/mol. The molecular weight excluding hydrogens is 266 g/mol. The number of anilines is 1. The second-order valence-electron chi connectivity index (χ2n) is 3.73. The van der Waals surface area contributed by atoms with Crippen LogP contribution in [0.2, 0.25) is 5.15 Å². The van der Waals surface area contributed by atoms with Crippen molar-refractivity contribution in [2.45, 2.75) is 19.9 Å². The van der Waals surface area contributed by atoms with Crippen molar-refractivity contribution >= 4 is 28.1 Å². The van der Waals surface area contributed by atoms with Crippen molar-refractivity contribution in [3.63, 3.8) is 0 Å². The van der Waals surface area contributed by atoms with E-state index in [-0.39, 0.29) is 5.15 Å². The zero-order chi connectivity index (χ0) is 13.0. The number of thiazole rings is 1. The van der Waals surface area contributed by atoms with Crippen LogP contribution >= 0.6 is 22.9 Å². The van der Waals surface area contributed by atoms with Gasteiger partial charge in [-0.15, -0.1) is 0 Å². The molecule has 0 spiro atoms. The Hall–Kier alpha value is -1.57. The van der Waals surface area contributed by atoms with E-state index in [2.05, 4.69) is 29.4 Å². The second kappa shape index (κ2) is 5.85. The van der Waals surface area contributed by atoms with Crippen LogP contribution in [0, 0.1) is 11.3 Å². The molecule has 0 unspecified atom stereocenters. The van der Waals surface area contributed by atoms with Gasteiger partial charge in [-0.1, -0.05) is 54.1 Å². The molecule has 0 aliphatic carbocycles. The molecule has 0 aliphatic heterocycles. The van der Waals surface area contributed by atoms with Crippen molar-refractivity contribution in [3.8, 4) is 6.07 Å². The number of aryl methyl sites for hydroxylation is 1. The highest BCUT2D eigenvalue weighted by atomic mass is 35.5. The van der Waals surface area contributed by atoms with E-state index in [1.807, 2.05) is 18.2 Å². The average Bonchev–Trinajstić information content (AvgIpc) is 2.77. The number of halogens is 1. The van der Waals surface area contributed by atoms with E-state index >= 15 is 0 Å². The Morgan fingerprint density at radius 1 is 1.39 bits per heavy atom. The number of nitrogens with one attached hydrogen (secondary N) is 1. The van der Waals surface area contributed by atoms with Crippen LogP contribution in [0.5, 0.6) is 0 Å². The molecule has 0 amide bonds. The fourth-order valence-electron chi connectivity index (χ4n) is 1.69. The summed E-state index contributed by atoms with van der Waals surface area (Å²) in [5.41, 5.74) is 2.55. The number of benzene rings is 1. The lowest BCUT2D eigenvalue weighted by Gasteiger charge is -2.07.